The topological polar surface area (TPSA) is 80.7 Å². The van der Waals surface area contributed by atoms with E-state index >= 15 is 0 Å². The number of alkyl halides is 7. The molecule has 1 aromatic heterocycles. The van der Waals surface area contributed by atoms with Crippen molar-refractivity contribution in [3.05, 3.63) is 66.1 Å². The lowest BCUT2D eigenvalue weighted by molar-refractivity contribution is -0.274. The van der Waals surface area contributed by atoms with Crippen LogP contribution in [0.4, 0.5) is 52.6 Å². The number of halogens is 8. The van der Waals surface area contributed by atoms with Crippen molar-refractivity contribution in [3.63, 3.8) is 0 Å². The van der Waals surface area contributed by atoms with Gasteiger partial charge in [0.2, 0.25) is 11.9 Å². The summed E-state index contributed by atoms with van der Waals surface area (Å²) in [6.45, 7) is 0. The van der Waals surface area contributed by atoms with Gasteiger partial charge < -0.3 is 14.8 Å². The minimum Gasteiger partial charge on any atom is -0.428 e. The first-order chi connectivity index (χ1) is 16.4. The Kier molecular flexibility index (Phi) is 7.56. The first kappa shape index (κ1) is 25.5. The molecule has 7 nitrogen and oxygen atoms in total. The van der Waals surface area contributed by atoms with Gasteiger partial charge in [0.15, 0.2) is 0 Å². The molecule has 0 unspecified atom stereocenters. The van der Waals surface area contributed by atoms with Gasteiger partial charge >= 0.3 is 18.9 Å². The summed E-state index contributed by atoms with van der Waals surface area (Å²) in [6.07, 6.45) is -12.3. The Hall–Kier alpha value is -4.17. The molecule has 0 bridgehead atoms. The van der Waals surface area contributed by atoms with Crippen LogP contribution in [0.5, 0.6) is 11.5 Å². The minimum absolute atomic E-state index is 0.0737. The van der Waals surface area contributed by atoms with Crippen molar-refractivity contribution in [3.8, 4) is 11.5 Å². The van der Waals surface area contributed by atoms with Crippen molar-refractivity contribution in [2.45, 2.75) is 18.9 Å². The molecule has 0 fully saturated rings. The zero-order chi connectivity index (χ0) is 25.6. The zero-order valence-electron chi connectivity index (χ0n) is 17.0. The van der Waals surface area contributed by atoms with Crippen LogP contribution in [0.1, 0.15) is 5.56 Å². The van der Waals surface area contributed by atoms with E-state index in [1.165, 1.54) is 30.5 Å². The van der Waals surface area contributed by atoms with Crippen LogP contribution in [0.3, 0.4) is 0 Å². The van der Waals surface area contributed by atoms with Crippen molar-refractivity contribution in [1.82, 2.24) is 9.97 Å². The van der Waals surface area contributed by atoms with E-state index in [1.807, 2.05) is 0 Å². The van der Waals surface area contributed by atoms with Crippen LogP contribution in [0.25, 0.3) is 0 Å². The molecule has 35 heavy (non-hydrogen) atoms. The Morgan fingerprint density at radius 3 is 2.06 bits per heavy atom. The Labute approximate surface area is 191 Å². The molecule has 2 aromatic carbocycles. The van der Waals surface area contributed by atoms with E-state index in [4.69, 9.17) is 0 Å². The quantitative estimate of drug-likeness (QED) is 0.162. The van der Waals surface area contributed by atoms with Crippen LogP contribution in [0.2, 0.25) is 0 Å². The first-order valence-corrected chi connectivity index (χ1v) is 9.31. The molecule has 0 radical (unpaired) electrons. The van der Waals surface area contributed by atoms with E-state index in [-0.39, 0.29) is 17.5 Å². The van der Waals surface area contributed by atoms with Gasteiger partial charge in [-0.05, 0) is 54.1 Å². The average Bonchev–Trinajstić information content (AvgIpc) is 2.75. The lowest BCUT2D eigenvalue weighted by Gasteiger charge is -2.17. The lowest BCUT2D eigenvalue weighted by Crippen LogP contribution is -2.33. The molecule has 3 aromatic rings. The summed E-state index contributed by atoms with van der Waals surface area (Å²) in [6, 6.07) is 10.0. The summed E-state index contributed by atoms with van der Waals surface area (Å²) < 4.78 is 108. The number of hydrogen-bond donors (Lipinski definition) is 2. The van der Waals surface area contributed by atoms with Crippen LogP contribution in [0.15, 0.2) is 59.7 Å². The Balaban J connectivity index is 1.62. The van der Waals surface area contributed by atoms with Gasteiger partial charge in [0.05, 0.1) is 6.21 Å². The molecule has 3 rings (SSSR count). The molecule has 15 heteroatoms. The van der Waals surface area contributed by atoms with E-state index < -0.39 is 36.3 Å². The molecular formula is C20H13F8N5O2. The molecule has 0 saturated carbocycles. The number of ether oxygens (including phenoxy) is 2. The van der Waals surface area contributed by atoms with Gasteiger partial charge in [0.25, 0.3) is 0 Å². The molecular weight excluding hydrogens is 494 g/mol. The second-order valence-corrected chi connectivity index (χ2v) is 6.50. The van der Waals surface area contributed by atoms with Crippen LogP contribution in [-0.4, -0.2) is 35.1 Å². The van der Waals surface area contributed by atoms with Gasteiger partial charge in [-0.3, -0.25) is 0 Å². The highest BCUT2D eigenvalue weighted by Crippen LogP contribution is 2.29. The number of nitrogens with zero attached hydrogens (tertiary/aromatic N) is 3. The highest BCUT2D eigenvalue weighted by molar-refractivity contribution is 5.80. The lowest BCUT2D eigenvalue weighted by atomic mass is 10.2. The molecule has 0 amide bonds. The van der Waals surface area contributed by atoms with Gasteiger partial charge in [-0.1, -0.05) is 0 Å². The zero-order valence-corrected chi connectivity index (χ0v) is 17.0. The number of benzene rings is 2. The number of hydrazone groups is 1. The molecule has 0 atom stereocenters. The maximum absolute atomic E-state index is 13.8. The minimum atomic E-state index is -4.82. The summed E-state index contributed by atoms with van der Waals surface area (Å²) in [5, 5.41) is 6.41. The molecule has 186 valence electrons. The Bertz CT molecular complexity index is 1160. The fourth-order valence-electron chi connectivity index (χ4n) is 2.41. The SMILES string of the molecule is Fc1cc(Nc2ccc(OC(F)(F)C(F)F)cc2)nc(NN=Cc2ccc(OC(F)(F)F)cc2)n1. The van der Waals surface area contributed by atoms with Crippen LogP contribution < -0.4 is 20.2 Å². The van der Waals surface area contributed by atoms with E-state index in [1.54, 1.807) is 0 Å². The third kappa shape index (κ3) is 7.97. The van der Waals surface area contributed by atoms with Gasteiger partial charge in [-0.15, -0.1) is 13.2 Å². The maximum Gasteiger partial charge on any atom is 0.573 e. The van der Waals surface area contributed by atoms with Crippen LogP contribution in [-0.2, 0) is 0 Å². The second-order valence-electron chi connectivity index (χ2n) is 6.50. The molecule has 0 spiro atoms. The number of hydrogen-bond acceptors (Lipinski definition) is 7. The van der Waals surface area contributed by atoms with E-state index in [0.29, 0.717) is 5.56 Å². The average molecular weight is 507 g/mol. The Morgan fingerprint density at radius 2 is 1.46 bits per heavy atom. The van der Waals surface area contributed by atoms with Crippen LogP contribution in [0, 0.1) is 5.95 Å². The molecule has 0 aliphatic carbocycles. The van der Waals surface area contributed by atoms with E-state index in [0.717, 1.165) is 30.3 Å². The van der Waals surface area contributed by atoms with Gasteiger partial charge in [-0.25, -0.2) is 5.43 Å². The van der Waals surface area contributed by atoms with E-state index in [2.05, 4.69) is 35.3 Å². The van der Waals surface area contributed by atoms with E-state index in [9.17, 15) is 35.1 Å². The maximum atomic E-state index is 13.8. The largest absolute Gasteiger partial charge is 0.573 e. The van der Waals surface area contributed by atoms with Gasteiger partial charge in [-0.2, -0.15) is 37.0 Å². The molecule has 0 saturated heterocycles. The highest BCUT2D eigenvalue weighted by Gasteiger charge is 2.43. The number of anilines is 3. The fourth-order valence-corrected chi connectivity index (χ4v) is 2.41. The number of rotatable bonds is 9. The smallest absolute Gasteiger partial charge is 0.428 e. The standard InChI is InChI=1S/C20H13F8N5O2/c21-15-9-16(30-12-3-7-13(8-4-12)34-19(24,25)17(22)23)32-18(31-15)33-29-10-11-1-5-14(6-2-11)35-20(26,27)28/h1-10,17H,(H2,30,31,32,33). The summed E-state index contributed by atoms with van der Waals surface area (Å²) in [4.78, 5) is 7.41. The summed E-state index contributed by atoms with van der Waals surface area (Å²) in [5.74, 6) is -2.28. The normalized spacial score (nSPS) is 12.1. The van der Waals surface area contributed by atoms with Gasteiger partial charge in [0, 0.05) is 11.8 Å². The van der Waals surface area contributed by atoms with Crippen molar-refractivity contribution < 1.29 is 44.6 Å². The van der Waals surface area contributed by atoms with Gasteiger partial charge in [0.1, 0.15) is 17.3 Å². The summed E-state index contributed by atoms with van der Waals surface area (Å²) in [7, 11) is 0. The first-order valence-electron chi connectivity index (χ1n) is 9.31. The number of nitrogens with one attached hydrogen (secondary N) is 2. The fraction of sp³-hybridized carbons (Fsp3) is 0.150. The predicted molar refractivity (Wildman–Crippen MR) is 108 cm³/mol. The third-order valence-electron chi connectivity index (χ3n) is 3.82. The molecule has 1 heterocycles. The van der Waals surface area contributed by atoms with Crippen molar-refractivity contribution >= 4 is 23.7 Å². The third-order valence-corrected chi connectivity index (χ3v) is 3.82. The molecule has 2 N–H and O–H groups in total. The molecule has 0 aliphatic rings. The highest BCUT2D eigenvalue weighted by atomic mass is 19.4. The summed E-state index contributed by atoms with van der Waals surface area (Å²) in [5.41, 5.74) is 2.94. The van der Waals surface area contributed by atoms with Crippen molar-refractivity contribution in [1.29, 1.82) is 0 Å². The predicted octanol–water partition coefficient (Wildman–Crippen LogP) is 5.94. The second kappa shape index (κ2) is 10.4. The van der Waals surface area contributed by atoms with Crippen LogP contribution >= 0.6 is 0 Å². The van der Waals surface area contributed by atoms with Crippen molar-refractivity contribution in [2.24, 2.45) is 5.10 Å². The molecule has 0 aliphatic heterocycles. The number of aromatic nitrogens is 2. The Morgan fingerprint density at radius 1 is 0.857 bits per heavy atom. The summed E-state index contributed by atoms with van der Waals surface area (Å²) >= 11 is 0. The van der Waals surface area contributed by atoms with Crippen molar-refractivity contribution in [2.75, 3.05) is 10.7 Å². The monoisotopic (exact) mass is 507 g/mol.